The zero-order valence-corrected chi connectivity index (χ0v) is 14.5. The molecule has 0 aliphatic carbocycles. The SMILES string of the molecule is CN1CC2(C1)CN(c1cc(N)c(/C=C(\N)c3ccccc3O)s1)C2. The first kappa shape index (κ1) is 15.4. The molecule has 1 aromatic heterocycles. The number of anilines is 2. The fourth-order valence-corrected chi connectivity index (χ4v) is 4.86. The number of aromatic hydroxyl groups is 1. The molecule has 0 radical (unpaired) electrons. The van der Waals surface area contributed by atoms with Crippen molar-refractivity contribution in [3.63, 3.8) is 0 Å². The Labute approximate surface area is 145 Å². The van der Waals surface area contributed by atoms with Crippen LogP contribution in [-0.2, 0) is 0 Å². The minimum absolute atomic E-state index is 0.181. The van der Waals surface area contributed by atoms with Crippen LogP contribution in [0.25, 0.3) is 11.8 Å². The van der Waals surface area contributed by atoms with Gasteiger partial charge < -0.3 is 26.4 Å². The maximum Gasteiger partial charge on any atom is 0.124 e. The van der Waals surface area contributed by atoms with E-state index in [-0.39, 0.29) is 5.75 Å². The number of hydrogen-bond acceptors (Lipinski definition) is 6. The molecule has 3 heterocycles. The van der Waals surface area contributed by atoms with Crippen molar-refractivity contribution >= 4 is 33.8 Å². The average Bonchev–Trinajstić information content (AvgIpc) is 2.82. The first-order valence-electron chi connectivity index (χ1n) is 8.04. The Kier molecular flexibility index (Phi) is 3.47. The maximum absolute atomic E-state index is 9.92. The van der Waals surface area contributed by atoms with Crippen LogP contribution < -0.4 is 16.4 Å². The lowest BCUT2D eigenvalue weighted by Gasteiger charge is -2.60. The van der Waals surface area contributed by atoms with E-state index in [9.17, 15) is 5.11 Å². The van der Waals surface area contributed by atoms with Crippen molar-refractivity contribution in [1.82, 2.24) is 4.90 Å². The second-order valence-corrected chi connectivity index (χ2v) is 8.11. The van der Waals surface area contributed by atoms with Crippen LogP contribution in [-0.4, -0.2) is 43.2 Å². The number of phenols is 1. The van der Waals surface area contributed by atoms with Gasteiger partial charge >= 0.3 is 0 Å². The van der Waals surface area contributed by atoms with Crippen molar-refractivity contribution < 1.29 is 5.11 Å². The lowest BCUT2D eigenvalue weighted by molar-refractivity contribution is -0.00203. The Morgan fingerprint density at radius 2 is 1.96 bits per heavy atom. The van der Waals surface area contributed by atoms with Gasteiger partial charge in [0.2, 0.25) is 0 Å². The predicted octanol–water partition coefficient (Wildman–Crippen LogP) is 2.24. The lowest BCUT2D eigenvalue weighted by atomic mass is 9.73. The molecule has 126 valence electrons. The topological polar surface area (TPSA) is 78.8 Å². The van der Waals surface area contributed by atoms with Gasteiger partial charge in [-0.05, 0) is 31.3 Å². The van der Waals surface area contributed by atoms with E-state index in [4.69, 9.17) is 11.5 Å². The Morgan fingerprint density at radius 3 is 2.62 bits per heavy atom. The summed E-state index contributed by atoms with van der Waals surface area (Å²) in [6.07, 6.45) is 1.85. The predicted molar refractivity (Wildman–Crippen MR) is 101 cm³/mol. The number of nitrogens with two attached hydrogens (primary N) is 2. The summed E-state index contributed by atoms with van der Waals surface area (Å²) in [5, 5.41) is 11.1. The van der Waals surface area contributed by atoms with E-state index < -0.39 is 0 Å². The largest absolute Gasteiger partial charge is 0.507 e. The van der Waals surface area contributed by atoms with Crippen LogP contribution in [0.5, 0.6) is 5.75 Å². The quantitative estimate of drug-likeness (QED) is 0.797. The molecule has 0 saturated carbocycles. The molecule has 2 saturated heterocycles. The monoisotopic (exact) mass is 342 g/mol. The second-order valence-electron chi connectivity index (χ2n) is 7.05. The number of para-hydroxylation sites is 1. The number of rotatable bonds is 3. The third kappa shape index (κ3) is 2.52. The van der Waals surface area contributed by atoms with E-state index in [2.05, 4.69) is 16.8 Å². The minimum Gasteiger partial charge on any atom is -0.507 e. The van der Waals surface area contributed by atoms with E-state index in [1.165, 1.54) is 18.1 Å². The molecule has 6 heteroatoms. The molecule has 2 aliphatic heterocycles. The van der Waals surface area contributed by atoms with Crippen molar-refractivity contribution in [2.24, 2.45) is 11.1 Å². The molecule has 2 aromatic rings. The number of benzene rings is 1. The summed E-state index contributed by atoms with van der Waals surface area (Å²) >= 11 is 1.66. The summed E-state index contributed by atoms with van der Waals surface area (Å²) in [5.41, 5.74) is 14.7. The van der Waals surface area contributed by atoms with Crippen molar-refractivity contribution in [1.29, 1.82) is 0 Å². The number of phenolic OH excluding ortho intramolecular Hbond substituents is 1. The van der Waals surface area contributed by atoms with Crippen LogP contribution >= 0.6 is 11.3 Å². The van der Waals surface area contributed by atoms with Gasteiger partial charge in [-0.3, -0.25) is 0 Å². The van der Waals surface area contributed by atoms with Gasteiger partial charge in [0.25, 0.3) is 0 Å². The highest BCUT2D eigenvalue weighted by Crippen LogP contribution is 2.45. The highest BCUT2D eigenvalue weighted by Gasteiger charge is 2.50. The molecule has 1 spiro atoms. The smallest absolute Gasteiger partial charge is 0.124 e. The first-order valence-corrected chi connectivity index (χ1v) is 8.86. The number of hydrogen-bond donors (Lipinski definition) is 3. The van der Waals surface area contributed by atoms with Crippen LogP contribution in [0.3, 0.4) is 0 Å². The summed E-state index contributed by atoms with van der Waals surface area (Å²) in [6.45, 7) is 4.60. The van der Waals surface area contributed by atoms with Crippen LogP contribution in [0.15, 0.2) is 30.3 Å². The summed E-state index contributed by atoms with van der Waals surface area (Å²) in [5.74, 6) is 0.181. The fraction of sp³-hybridized carbons (Fsp3) is 0.333. The molecule has 4 rings (SSSR count). The average molecular weight is 342 g/mol. The van der Waals surface area contributed by atoms with E-state index in [0.717, 1.165) is 23.7 Å². The summed E-state index contributed by atoms with van der Waals surface area (Å²) in [7, 11) is 2.17. The molecular weight excluding hydrogens is 320 g/mol. The number of nitrogens with zero attached hydrogens (tertiary/aromatic N) is 2. The Hall–Kier alpha value is -2.18. The molecule has 5 N–H and O–H groups in total. The first-order chi connectivity index (χ1) is 11.5. The Bertz CT molecular complexity index is 799. The highest BCUT2D eigenvalue weighted by atomic mass is 32.1. The third-order valence-electron chi connectivity index (χ3n) is 4.85. The van der Waals surface area contributed by atoms with Gasteiger partial charge in [0.15, 0.2) is 0 Å². The molecule has 0 atom stereocenters. The zero-order valence-electron chi connectivity index (χ0n) is 13.7. The van der Waals surface area contributed by atoms with Gasteiger partial charge in [0.1, 0.15) is 5.75 Å². The third-order valence-corrected chi connectivity index (χ3v) is 6.01. The maximum atomic E-state index is 9.92. The molecule has 0 bridgehead atoms. The van der Waals surface area contributed by atoms with E-state index >= 15 is 0 Å². The van der Waals surface area contributed by atoms with Crippen LogP contribution in [0.2, 0.25) is 0 Å². The van der Waals surface area contributed by atoms with Crippen molar-refractivity contribution in [3.05, 3.63) is 40.8 Å². The second kappa shape index (κ2) is 5.43. The van der Waals surface area contributed by atoms with Gasteiger partial charge in [0.05, 0.1) is 15.6 Å². The molecule has 0 unspecified atom stereocenters. The zero-order chi connectivity index (χ0) is 16.9. The highest BCUT2D eigenvalue weighted by molar-refractivity contribution is 7.17. The molecule has 1 aromatic carbocycles. The standard InChI is InChI=1S/C18H22N4OS/c1-21-8-18(9-21)10-22(11-18)17-7-14(20)16(24-17)6-13(19)12-4-2-3-5-15(12)23/h2-7,23H,8-11,19-20H2,1H3/b13-6-. The normalized spacial score (nSPS) is 20.0. The number of thiophene rings is 1. The van der Waals surface area contributed by atoms with Crippen molar-refractivity contribution in [3.8, 4) is 5.75 Å². The van der Waals surface area contributed by atoms with Gasteiger partial charge in [-0.25, -0.2) is 0 Å². The van der Waals surface area contributed by atoms with E-state index in [1.54, 1.807) is 29.5 Å². The van der Waals surface area contributed by atoms with E-state index in [1.807, 2.05) is 18.2 Å². The number of likely N-dealkylation sites (tertiary alicyclic amines) is 1. The van der Waals surface area contributed by atoms with Crippen LogP contribution in [0.4, 0.5) is 10.7 Å². The molecule has 2 fully saturated rings. The Balaban J connectivity index is 1.52. The van der Waals surface area contributed by atoms with Crippen molar-refractivity contribution in [2.45, 2.75) is 0 Å². The fourth-order valence-electron chi connectivity index (χ4n) is 3.83. The molecule has 0 amide bonds. The molecule has 2 aliphatic rings. The van der Waals surface area contributed by atoms with Gasteiger partial charge in [-0.15, -0.1) is 11.3 Å². The molecular formula is C18H22N4OS. The summed E-state index contributed by atoms with van der Waals surface area (Å²) in [6, 6.07) is 9.10. The lowest BCUT2D eigenvalue weighted by Crippen LogP contribution is -2.71. The van der Waals surface area contributed by atoms with Gasteiger partial charge in [0, 0.05) is 42.9 Å². The van der Waals surface area contributed by atoms with Crippen LogP contribution in [0.1, 0.15) is 10.4 Å². The van der Waals surface area contributed by atoms with Gasteiger partial charge in [-0.1, -0.05) is 12.1 Å². The number of nitrogen functional groups attached to an aromatic ring is 1. The van der Waals surface area contributed by atoms with E-state index in [0.29, 0.717) is 16.7 Å². The van der Waals surface area contributed by atoms with Gasteiger partial charge in [-0.2, -0.15) is 0 Å². The van der Waals surface area contributed by atoms with Crippen LogP contribution in [0, 0.1) is 5.41 Å². The Morgan fingerprint density at radius 1 is 1.25 bits per heavy atom. The molecule has 24 heavy (non-hydrogen) atoms. The summed E-state index contributed by atoms with van der Waals surface area (Å²) in [4.78, 5) is 5.69. The summed E-state index contributed by atoms with van der Waals surface area (Å²) < 4.78 is 0. The molecule has 5 nitrogen and oxygen atoms in total. The van der Waals surface area contributed by atoms with Crippen molar-refractivity contribution in [2.75, 3.05) is 43.9 Å². The minimum atomic E-state index is 0.181.